The molecule has 0 bridgehead atoms. The molecule has 1 saturated carbocycles. The van der Waals surface area contributed by atoms with Gasteiger partial charge in [0.05, 0.1) is 27.5 Å². The highest BCUT2D eigenvalue weighted by atomic mass is 35.5. The fourth-order valence-corrected chi connectivity index (χ4v) is 3.56. The van der Waals surface area contributed by atoms with Crippen LogP contribution in [0.1, 0.15) is 43.4 Å². The van der Waals surface area contributed by atoms with Gasteiger partial charge >= 0.3 is 0 Å². The van der Waals surface area contributed by atoms with Crippen molar-refractivity contribution in [2.45, 2.75) is 43.7 Å². The molecule has 1 aliphatic rings. The molecule has 0 amide bonds. The Hall–Kier alpha value is -0.770. The molecule has 0 saturated heterocycles. The van der Waals surface area contributed by atoms with Crippen molar-refractivity contribution in [2.75, 3.05) is 7.11 Å². The lowest BCUT2D eigenvalue weighted by atomic mass is 10.2. The van der Waals surface area contributed by atoms with Gasteiger partial charge in [0.2, 0.25) is 0 Å². The first-order valence-corrected chi connectivity index (χ1v) is 7.76. The van der Waals surface area contributed by atoms with Crippen molar-refractivity contribution in [2.24, 2.45) is 0 Å². The first-order chi connectivity index (χ1) is 9.61. The molecule has 108 valence electrons. The number of benzene rings is 1. The summed E-state index contributed by atoms with van der Waals surface area (Å²) in [6.45, 7) is 1.95. The van der Waals surface area contributed by atoms with Crippen LogP contribution >= 0.6 is 23.2 Å². The second kappa shape index (κ2) is 5.55. The zero-order valence-electron chi connectivity index (χ0n) is 11.6. The number of imidazole rings is 1. The molecular weight excluding hydrogens is 295 g/mol. The number of rotatable bonds is 3. The Bertz CT molecular complexity index is 624. The number of hydrogen-bond acceptors (Lipinski definition) is 2. The summed E-state index contributed by atoms with van der Waals surface area (Å²) >= 11 is 12.7. The van der Waals surface area contributed by atoms with E-state index in [9.17, 15) is 0 Å². The Balaban J connectivity index is 2.14. The van der Waals surface area contributed by atoms with Crippen LogP contribution in [0.25, 0.3) is 11.0 Å². The van der Waals surface area contributed by atoms with Crippen molar-refractivity contribution in [1.82, 2.24) is 9.55 Å². The van der Waals surface area contributed by atoms with Crippen LogP contribution in [0.15, 0.2) is 18.2 Å². The summed E-state index contributed by atoms with van der Waals surface area (Å²) in [7, 11) is 1.77. The van der Waals surface area contributed by atoms with Crippen LogP contribution in [0, 0.1) is 0 Å². The number of halogens is 2. The van der Waals surface area contributed by atoms with Gasteiger partial charge in [-0.1, -0.05) is 17.7 Å². The summed E-state index contributed by atoms with van der Waals surface area (Å²) in [5.41, 5.74) is 1.92. The van der Waals surface area contributed by atoms with E-state index in [1.54, 1.807) is 7.11 Å². The van der Waals surface area contributed by atoms with Crippen LogP contribution in [0.3, 0.4) is 0 Å². The van der Waals surface area contributed by atoms with Crippen molar-refractivity contribution in [3.05, 3.63) is 29.0 Å². The molecule has 1 aromatic heterocycles. The van der Waals surface area contributed by atoms with E-state index in [1.165, 1.54) is 0 Å². The SMILES string of the molecule is COC1CCC(n2c(C(C)Cl)nc3cccc(Cl)c32)C1. The summed E-state index contributed by atoms with van der Waals surface area (Å²) in [6, 6.07) is 6.19. The van der Waals surface area contributed by atoms with Gasteiger partial charge in [-0.3, -0.25) is 0 Å². The lowest BCUT2D eigenvalue weighted by Crippen LogP contribution is -2.12. The molecule has 0 aliphatic heterocycles. The summed E-state index contributed by atoms with van der Waals surface area (Å²) in [6.07, 6.45) is 3.45. The van der Waals surface area contributed by atoms with Gasteiger partial charge in [-0.05, 0) is 38.3 Å². The van der Waals surface area contributed by atoms with Crippen LogP contribution in [-0.4, -0.2) is 22.8 Å². The third kappa shape index (κ3) is 2.32. The van der Waals surface area contributed by atoms with Gasteiger partial charge in [-0.2, -0.15) is 0 Å². The van der Waals surface area contributed by atoms with Crippen molar-refractivity contribution in [3.63, 3.8) is 0 Å². The number of alkyl halides is 1. The molecule has 0 spiro atoms. The van der Waals surface area contributed by atoms with Gasteiger partial charge < -0.3 is 9.30 Å². The van der Waals surface area contributed by atoms with Crippen LogP contribution in [0.5, 0.6) is 0 Å². The van der Waals surface area contributed by atoms with Gasteiger partial charge in [0.1, 0.15) is 5.82 Å². The molecule has 0 N–H and O–H groups in total. The zero-order chi connectivity index (χ0) is 14.3. The molecule has 3 atom stereocenters. The Morgan fingerprint density at radius 2 is 2.20 bits per heavy atom. The highest BCUT2D eigenvalue weighted by Gasteiger charge is 2.30. The van der Waals surface area contributed by atoms with Crippen molar-refractivity contribution < 1.29 is 4.74 Å². The summed E-state index contributed by atoms with van der Waals surface area (Å²) < 4.78 is 7.71. The lowest BCUT2D eigenvalue weighted by Gasteiger charge is -2.18. The number of ether oxygens (including phenoxy) is 1. The maximum absolute atomic E-state index is 6.39. The van der Waals surface area contributed by atoms with Crippen LogP contribution in [-0.2, 0) is 4.74 Å². The minimum absolute atomic E-state index is 0.139. The molecule has 1 aliphatic carbocycles. The molecule has 1 aromatic carbocycles. The molecule has 3 nitrogen and oxygen atoms in total. The van der Waals surface area contributed by atoms with E-state index >= 15 is 0 Å². The van der Waals surface area contributed by atoms with Crippen LogP contribution in [0.4, 0.5) is 0 Å². The van der Waals surface area contributed by atoms with Gasteiger partial charge in [0.25, 0.3) is 0 Å². The third-order valence-electron chi connectivity index (χ3n) is 4.10. The third-order valence-corrected chi connectivity index (χ3v) is 4.60. The first kappa shape index (κ1) is 14.2. The maximum atomic E-state index is 6.39. The summed E-state index contributed by atoms with van der Waals surface area (Å²) in [5, 5.41) is 0.597. The predicted octanol–water partition coefficient (Wildman–Crippen LogP) is 4.73. The zero-order valence-corrected chi connectivity index (χ0v) is 13.2. The number of nitrogens with zero attached hydrogens (tertiary/aromatic N) is 2. The fourth-order valence-electron chi connectivity index (χ4n) is 3.14. The average molecular weight is 313 g/mol. The van der Waals surface area contributed by atoms with E-state index in [0.29, 0.717) is 12.1 Å². The molecule has 3 rings (SSSR count). The standard InChI is InChI=1S/C15H18Cl2N2O/c1-9(16)15-18-13-5-3-4-12(17)14(13)19(15)10-6-7-11(8-10)20-2/h3-5,9-11H,6-8H2,1-2H3. The number of para-hydroxylation sites is 1. The van der Waals surface area contributed by atoms with Crippen molar-refractivity contribution >= 4 is 34.2 Å². The van der Waals surface area contributed by atoms with Crippen LogP contribution < -0.4 is 0 Å². The normalized spacial score (nSPS) is 24.4. The molecule has 3 unspecified atom stereocenters. The molecule has 2 aromatic rings. The topological polar surface area (TPSA) is 27.1 Å². The second-order valence-electron chi connectivity index (χ2n) is 5.39. The highest BCUT2D eigenvalue weighted by molar-refractivity contribution is 6.35. The number of fused-ring (bicyclic) bond motifs is 1. The predicted molar refractivity (Wildman–Crippen MR) is 82.7 cm³/mol. The van der Waals surface area contributed by atoms with Crippen molar-refractivity contribution in [1.29, 1.82) is 0 Å². The molecule has 5 heteroatoms. The average Bonchev–Trinajstić information content (AvgIpc) is 3.02. The van der Waals surface area contributed by atoms with Crippen LogP contribution in [0.2, 0.25) is 5.02 Å². The number of aromatic nitrogens is 2. The Morgan fingerprint density at radius 1 is 1.40 bits per heavy atom. The molecular formula is C15H18Cl2N2O. The lowest BCUT2D eigenvalue weighted by molar-refractivity contribution is 0.106. The van der Waals surface area contributed by atoms with Crippen molar-refractivity contribution in [3.8, 4) is 0 Å². The minimum atomic E-state index is -0.139. The largest absolute Gasteiger partial charge is 0.381 e. The van der Waals surface area contributed by atoms with E-state index in [0.717, 1.165) is 41.1 Å². The van der Waals surface area contributed by atoms with E-state index in [-0.39, 0.29) is 5.38 Å². The maximum Gasteiger partial charge on any atom is 0.128 e. The number of hydrogen-bond donors (Lipinski definition) is 0. The highest BCUT2D eigenvalue weighted by Crippen LogP contribution is 2.39. The van der Waals surface area contributed by atoms with Gasteiger partial charge in [-0.25, -0.2) is 4.98 Å². The second-order valence-corrected chi connectivity index (χ2v) is 6.45. The monoisotopic (exact) mass is 312 g/mol. The molecule has 0 radical (unpaired) electrons. The molecule has 20 heavy (non-hydrogen) atoms. The van der Waals surface area contributed by atoms with E-state index in [1.807, 2.05) is 25.1 Å². The van der Waals surface area contributed by atoms with Gasteiger partial charge in [0.15, 0.2) is 0 Å². The summed E-state index contributed by atoms with van der Waals surface area (Å²) in [4.78, 5) is 4.67. The smallest absolute Gasteiger partial charge is 0.128 e. The molecule has 1 fully saturated rings. The minimum Gasteiger partial charge on any atom is -0.381 e. The van der Waals surface area contributed by atoms with Gasteiger partial charge in [0, 0.05) is 13.2 Å². The number of methoxy groups -OCH3 is 1. The van der Waals surface area contributed by atoms with E-state index in [4.69, 9.17) is 27.9 Å². The quantitative estimate of drug-likeness (QED) is 0.766. The fraction of sp³-hybridized carbons (Fsp3) is 0.533. The molecule has 1 heterocycles. The summed E-state index contributed by atoms with van der Waals surface area (Å²) in [5.74, 6) is 0.900. The Morgan fingerprint density at radius 3 is 2.85 bits per heavy atom. The Labute approximate surface area is 128 Å². The van der Waals surface area contributed by atoms with E-state index < -0.39 is 0 Å². The van der Waals surface area contributed by atoms with Gasteiger partial charge in [-0.15, -0.1) is 11.6 Å². The Kier molecular flexibility index (Phi) is 3.93. The first-order valence-electron chi connectivity index (χ1n) is 6.95. The van der Waals surface area contributed by atoms with E-state index in [2.05, 4.69) is 9.55 Å².